The van der Waals surface area contributed by atoms with E-state index in [-0.39, 0.29) is 5.56 Å². The molecule has 0 amide bonds. The van der Waals surface area contributed by atoms with Crippen molar-refractivity contribution < 1.29 is 4.42 Å². The Hall–Kier alpha value is -1.95. The van der Waals surface area contributed by atoms with E-state index in [1.807, 2.05) is 6.92 Å². The van der Waals surface area contributed by atoms with Crippen molar-refractivity contribution in [2.45, 2.75) is 51.6 Å². The second kappa shape index (κ2) is 6.51. The molecule has 0 unspecified atom stereocenters. The zero-order chi connectivity index (χ0) is 16.5. The first-order valence-corrected chi connectivity index (χ1v) is 8.87. The Morgan fingerprint density at radius 1 is 1.21 bits per heavy atom. The molecule has 4 rings (SSSR count). The number of aromatic nitrogens is 3. The van der Waals surface area contributed by atoms with Gasteiger partial charge in [-0.25, -0.2) is 9.97 Å². The Labute approximate surface area is 141 Å². The summed E-state index contributed by atoms with van der Waals surface area (Å²) in [4.78, 5) is 23.4. The molecule has 1 saturated heterocycles. The van der Waals surface area contributed by atoms with E-state index in [1.54, 1.807) is 23.2 Å². The SMILES string of the molecule is Cc1cnc(CN2CCC(Cn3cnc(C4CC4)cc3=O)CC2)o1. The van der Waals surface area contributed by atoms with Crippen LogP contribution in [0.25, 0.3) is 0 Å². The zero-order valence-electron chi connectivity index (χ0n) is 14.1. The summed E-state index contributed by atoms with van der Waals surface area (Å²) in [5, 5.41) is 0. The van der Waals surface area contributed by atoms with Gasteiger partial charge in [0, 0.05) is 18.5 Å². The number of rotatable bonds is 5. The van der Waals surface area contributed by atoms with Gasteiger partial charge in [0.1, 0.15) is 5.76 Å². The van der Waals surface area contributed by atoms with Gasteiger partial charge in [-0.15, -0.1) is 0 Å². The summed E-state index contributed by atoms with van der Waals surface area (Å²) in [6, 6.07) is 1.73. The van der Waals surface area contributed by atoms with Crippen LogP contribution in [0.2, 0.25) is 0 Å². The number of nitrogens with zero attached hydrogens (tertiary/aromatic N) is 4. The van der Waals surface area contributed by atoms with Gasteiger partial charge in [0.25, 0.3) is 5.56 Å². The maximum atomic E-state index is 12.2. The fourth-order valence-corrected chi connectivity index (χ4v) is 3.45. The summed E-state index contributed by atoms with van der Waals surface area (Å²) in [5.41, 5.74) is 1.08. The third-order valence-electron chi connectivity index (χ3n) is 5.09. The van der Waals surface area contributed by atoms with Crippen LogP contribution in [0.3, 0.4) is 0 Å². The van der Waals surface area contributed by atoms with Crippen molar-refractivity contribution in [3.05, 3.63) is 46.3 Å². The smallest absolute Gasteiger partial charge is 0.253 e. The number of oxazole rings is 1. The third-order valence-corrected chi connectivity index (χ3v) is 5.09. The fraction of sp³-hybridized carbons (Fsp3) is 0.611. The van der Waals surface area contributed by atoms with Crippen LogP contribution in [0.5, 0.6) is 0 Å². The molecule has 3 heterocycles. The van der Waals surface area contributed by atoms with E-state index >= 15 is 0 Å². The molecule has 0 radical (unpaired) electrons. The molecule has 1 saturated carbocycles. The van der Waals surface area contributed by atoms with E-state index in [4.69, 9.17) is 4.42 Å². The third kappa shape index (κ3) is 3.59. The van der Waals surface area contributed by atoms with Crippen molar-refractivity contribution in [3.63, 3.8) is 0 Å². The first-order chi connectivity index (χ1) is 11.7. The highest BCUT2D eigenvalue weighted by Gasteiger charge is 2.26. The first-order valence-electron chi connectivity index (χ1n) is 8.87. The lowest BCUT2D eigenvalue weighted by molar-refractivity contribution is 0.154. The van der Waals surface area contributed by atoms with Gasteiger partial charge in [0.05, 0.1) is 24.8 Å². The van der Waals surface area contributed by atoms with Crippen LogP contribution >= 0.6 is 0 Å². The van der Waals surface area contributed by atoms with Gasteiger partial charge in [-0.2, -0.15) is 0 Å². The van der Waals surface area contributed by atoms with Crippen LogP contribution in [-0.4, -0.2) is 32.5 Å². The van der Waals surface area contributed by atoms with Crippen LogP contribution in [0, 0.1) is 12.8 Å². The van der Waals surface area contributed by atoms with Gasteiger partial charge in [-0.3, -0.25) is 14.3 Å². The molecule has 0 N–H and O–H groups in total. The summed E-state index contributed by atoms with van der Waals surface area (Å²) in [5.74, 6) is 2.73. The van der Waals surface area contributed by atoms with E-state index in [2.05, 4.69) is 14.9 Å². The minimum absolute atomic E-state index is 0.101. The van der Waals surface area contributed by atoms with E-state index in [9.17, 15) is 4.79 Å². The monoisotopic (exact) mass is 328 g/mol. The average molecular weight is 328 g/mol. The lowest BCUT2D eigenvalue weighted by atomic mass is 9.96. The van der Waals surface area contributed by atoms with E-state index in [0.717, 1.165) is 56.4 Å². The second-order valence-corrected chi connectivity index (χ2v) is 7.16. The minimum Gasteiger partial charge on any atom is -0.445 e. The predicted octanol–water partition coefficient (Wildman–Crippen LogP) is 2.33. The first kappa shape index (κ1) is 15.6. The maximum absolute atomic E-state index is 12.2. The molecule has 0 bridgehead atoms. The molecular formula is C18H24N4O2. The van der Waals surface area contributed by atoms with Crippen molar-refractivity contribution in [3.8, 4) is 0 Å². The second-order valence-electron chi connectivity index (χ2n) is 7.16. The van der Waals surface area contributed by atoms with Crippen molar-refractivity contribution >= 4 is 0 Å². The van der Waals surface area contributed by atoms with Gasteiger partial charge >= 0.3 is 0 Å². The molecule has 2 aromatic rings. The Morgan fingerprint density at radius 2 is 2.00 bits per heavy atom. The molecule has 2 fully saturated rings. The summed E-state index contributed by atoms with van der Waals surface area (Å²) in [6.45, 7) is 5.52. The topological polar surface area (TPSA) is 64.2 Å². The lowest BCUT2D eigenvalue weighted by Crippen LogP contribution is -2.36. The van der Waals surface area contributed by atoms with Crippen molar-refractivity contribution in [2.24, 2.45) is 5.92 Å². The van der Waals surface area contributed by atoms with Crippen LogP contribution in [-0.2, 0) is 13.1 Å². The Morgan fingerprint density at radius 3 is 2.62 bits per heavy atom. The molecule has 128 valence electrons. The molecule has 6 nitrogen and oxygen atoms in total. The summed E-state index contributed by atoms with van der Waals surface area (Å²) in [6.07, 6.45) is 8.07. The highest BCUT2D eigenvalue weighted by atomic mass is 16.4. The zero-order valence-corrected chi connectivity index (χ0v) is 14.1. The maximum Gasteiger partial charge on any atom is 0.253 e. The Bertz CT molecular complexity index is 754. The largest absolute Gasteiger partial charge is 0.445 e. The van der Waals surface area contributed by atoms with E-state index in [1.165, 1.54) is 12.8 Å². The highest BCUT2D eigenvalue weighted by molar-refractivity contribution is 5.12. The van der Waals surface area contributed by atoms with E-state index in [0.29, 0.717) is 11.8 Å². The van der Waals surface area contributed by atoms with Crippen LogP contribution < -0.4 is 5.56 Å². The molecule has 0 spiro atoms. The van der Waals surface area contributed by atoms with E-state index < -0.39 is 0 Å². The van der Waals surface area contributed by atoms with Crippen LogP contribution in [0.4, 0.5) is 0 Å². The molecule has 1 aliphatic heterocycles. The van der Waals surface area contributed by atoms with Crippen molar-refractivity contribution in [1.29, 1.82) is 0 Å². The normalized spacial score (nSPS) is 19.7. The molecule has 6 heteroatoms. The van der Waals surface area contributed by atoms with Crippen molar-refractivity contribution in [2.75, 3.05) is 13.1 Å². The predicted molar refractivity (Wildman–Crippen MR) is 89.7 cm³/mol. The Kier molecular flexibility index (Phi) is 4.22. The molecule has 1 aliphatic carbocycles. The number of hydrogen-bond donors (Lipinski definition) is 0. The van der Waals surface area contributed by atoms with Gasteiger partial charge in [0.2, 0.25) is 5.89 Å². The fourth-order valence-electron chi connectivity index (χ4n) is 3.45. The van der Waals surface area contributed by atoms with Gasteiger partial charge in [-0.05, 0) is 51.6 Å². The number of likely N-dealkylation sites (tertiary alicyclic amines) is 1. The number of hydrogen-bond acceptors (Lipinski definition) is 5. The molecule has 2 aromatic heterocycles. The lowest BCUT2D eigenvalue weighted by Gasteiger charge is -2.31. The van der Waals surface area contributed by atoms with Crippen LogP contribution in [0.1, 0.15) is 48.9 Å². The standard InChI is InChI=1S/C18H24N4O2/c1-13-9-19-17(24-13)11-21-6-4-14(5-7-21)10-22-12-20-16(8-18(22)23)15-2-3-15/h8-9,12,14-15H,2-7,10-11H2,1H3. The summed E-state index contributed by atoms with van der Waals surface area (Å²) in [7, 11) is 0. The summed E-state index contributed by atoms with van der Waals surface area (Å²) >= 11 is 0. The highest BCUT2D eigenvalue weighted by Crippen LogP contribution is 2.38. The minimum atomic E-state index is 0.101. The molecule has 24 heavy (non-hydrogen) atoms. The average Bonchev–Trinajstić information content (AvgIpc) is 3.34. The molecule has 2 aliphatic rings. The van der Waals surface area contributed by atoms with Gasteiger partial charge in [0.15, 0.2) is 0 Å². The Balaban J connectivity index is 1.30. The quantitative estimate of drug-likeness (QED) is 0.843. The van der Waals surface area contributed by atoms with Crippen LogP contribution in [0.15, 0.2) is 27.8 Å². The van der Waals surface area contributed by atoms with Gasteiger partial charge < -0.3 is 4.42 Å². The van der Waals surface area contributed by atoms with Crippen molar-refractivity contribution in [1.82, 2.24) is 19.4 Å². The number of aryl methyl sites for hydroxylation is 1. The molecule has 0 atom stereocenters. The summed E-state index contributed by atoms with van der Waals surface area (Å²) < 4.78 is 7.33. The molecular weight excluding hydrogens is 304 g/mol. The van der Waals surface area contributed by atoms with Gasteiger partial charge in [-0.1, -0.05) is 0 Å². The molecule has 0 aromatic carbocycles. The number of piperidine rings is 1.